The highest BCUT2D eigenvalue weighted by Crippen LogP contribution is 2.31. The predicted molar refractivity (Wildman–Crippen MR) is 90.0 cm³/mol. The molecule has 0 saturated heterocycles. The number of primary amides is 1. The van der Waals surface area contributed by atoms with E-state index in [9.17, 15) is 27.5 Å². The molecule has 146 valence electrons. The summed E-state index contributed by atoms with van der Waals surface area (Å²) >= 11 is 0. The number of rotatable bonds is 5. The first kappa shape index (κ1) is 19.5. The van der Waals surface area contributed by atoms with Gasteiger partial charge in [-0.1, -0.05) is 0 Å². The van der Waals surface area contributed by atoms with E-state index in [1.807, 2.05) is 0 Å². The molecule has 1 aromatic carbocycles. The zero-order valence-electron chi connectivity index (χ0n) is 14.2. The number of aromatic nitrogens is 3. The topological polar surface area (TPSA) is 94.0 Å². The fourth-order valence-corrected chi connectivity index (χ4v) is 2.69. The van der Waals surface area contributed by atoms with E-state index >= 15 is 0 Å². The second-order valence-corrected chi connectivity index (χ2v) is 6.00. The van der Waals surface area contributed by atoms with Gasteiger partial charge in [0.2, 0.25) is 0 Å². The van der Waals surface area contributed by atoms with E-state index in [-0.39, 0.29) is 29.2 Å². The van der Waals surface area contributed by atoms with E-state index in [4.69, 9.17) is 5.73 Å². The van der Waals surface area contributed by atoms with E-state index in [1.54, 1.807) is 6.07 Å². The van der Waals surface area contributed by atoms with Crippen molar-refractivity contribution in [3.63, 3.8) is 0 Å². The summed E-state index contributed by atoms with van der Waals surface area (Å²) in [5.74, 6) is -1.55. The van der Waals surface area contributed by atoms with Crippen LogP contribution in [0.3, 0.4) is 0 Å². The normalized spacial score (nSPS) is 11.6. The molecule has 3 rings (SSSR count). The van der Waals surface area contributed by atoms with Gasteiger partial charge in [-0.3, -0.25) is 4.79 Å². The summed E-state index contributed by atoms with van der Waals surface area (Å²) in [5, 5.41) is 13.4. The average molecular weight is 394 g/mol. The number of aliphatic hydroxyl groups excluding tert-OH is 1. The molecule has 0 radical (unpaired) electrons. The zero-order chi connectivity index (χ0) is 20.5. The summed E-state index contributed by atoms with van der Waals surface area (Å²) in [4.78, 5) is 15.4. The van der Waals surface area contributed by atoms with Crippen LogP contribution in [-0.4, -0.2) is 25.8 Å². The van der Waals surface area contributed by atoms with Gasteiger partial charge < -0.3 is 10.8 Å². The first-order valence-corrected chi connectivity index (χ1v) is 7.99. The number of benzene rings is 1. The number of carbonyl (C=O) groups is 1. The van der Waals surface area contributed by atoms with Gasteiger partial charge in [0.15, 0.2) is 11.5 Å². The van der Waals surface area contributed by atoms with Crippen molar-refractivity contribution >= 4 is 5.91 Å². The third kappa shape index (κ3) is 4.17. The summed E-state index contributed by atoms with van der Waals surface area (Å²) in [5.41, 5.74) is 4.95. The average Bonchev–Trinajstić information content (AvgIpc) is 3.05. The molecule has 3 aromatic rings. The van der Waals surface area contributed by atoms with Crippen molar-refractivity contribution in [3.05, 3.63) is 76.5 Å². The first-order valence-electron chi connectivity index (χ1n) is 7.99. The van der Waals surface area contributed by atoms with Crippen molar-refractivity contribution in [1.82, 2.24) is 14.8 Å². The standard InChI is InChI=1S/C18H14F4N4O2/c19-13-5-11(4-12(7-13)18(20,21)22)3-10-1-2-24-16(6-10)26-14(9-27)8-15(25-26)17(23)28/h1-2,4-8,27H,3,9H2,(H2,23,28). The number of aliphatic hydroxyl groups is 1. The Morgan fingerprint density at radius 1 is 1.14 bits per heavy atom. The summed E-state index contributed by atoms with van der Waals surface area (Å²) in [6, 6.07) is 6.70. The fraction of sp³-hybridized carbons (Fsp3) is 0.167. The van der Waals surface area contributed by atoms with Crippen LogP contribution in [0, 0.1) is 5.82 Å². The van der Waals surface area contributed by atoms with E-state index < -0.39 is 30.1 Å². The van der Waals surface area contributed by atoms with Crippen molar-refractivity contribution in [1.29, 1.82) is 0 Å². The maximum atomic E-state index is 13.6. The van der Waals surface area contributed by atoms with Gasteiger partial charge in [-0.25, -0.2) is 14.1 Å². The lowest BCUT2D eigenvalue weighted by molar-refractivity contribution is -0.137. The molecule has 6 nitrogen and oxygen atoms in total. The largest absolute Gasteiger partial charge is 0.416 e. The van der Waals surface area contributed by atoms with E-state index in [0.29, 0.717) is 11.6 Å². The Bertz CT molecular complexity index is 1030. The van der Waals surface area contributed by atoms with Crippen molar-refractivity contribution in [3.8, 4) is 5.82 Å². The highest BCUT2D eigenvalue weighted by molar-refractivity contribution is 5.90. The van der Waals surface area contributed by atoms with Crippen molar-refractivity contribution in [2.45, 2.75) is 19.2 Å². The molecule has 28 heavy (non-hydrogen) atoms. The van der Waals surface area contributed by atoms with Crippen molar-refractivity contribution < 1.29 is 27.5 Å². The van der Waals surface area contributed by atoms with Crippen LogP contribution < -0.4 is 5.73 Å². The lowest BCUT2D eigenvalue weighted by atomic mass is 10.0. The molecule has 10 heteroatoms. The lowest BCUT2D eigenvalue weighted by Crippen LogP contribution is -2.12. The Morgan fingerprint density at radius 2 is 1.89 bits per heavy atom. The van der Waals surface area contributed by atoms with Gasteiger partial charge in [-0.05, 0) is 53.9 Å². The summed E-state index contributed by atoms with van der Waals surface area (Å²) in [6.07, 6.45) is -3.26. The Morgan fingerprint density at radius 3 is 2.54 bits per heavy atom. The van der Waals surface area contributed by atoms with Gasteiger partial charge >= 0.3 is 6.18 Å². The maximum absolute atomic E-state index is 13.6. The molecular formula is C18H14F4N4O2. The summed E-state index contributed by atoms with van der Waals surface area (Å²) in [6.45, 7) is -0.439. The van der Waals surface area contributed by atoms with E-state index in [0.717, 1.165) is 12.1 Å². The second-order valence-electron chi connectivity index (χ2n) is 6.00. The summed E-state index contributed by atoms with van der Waals surface area (Å²) < 4.78 is 53.4. The maximum Gasteiger partial charge on any atom is 0.416 e. The Labute approximate surface area is 156 Å². The number of alkyl halides is 3. The molecule has 0 atom stereocenters. The minimum absolute atomic E-state index is 0.00869. The number of hydrogen-bond donors (Lipinski definition) is 2. The number of carbonyl (C=O) groups excluding carboxylic acids is 1. The second kappa shape index (κ2) is 7.39. The van der Waals surface area contributed by atoms with Gasteiger partial charge in [0, 0.05) is 6.20 Å². The fourth-order valence-electron chi connectivity index (χ4n) is 2.69. The lowest BCUT2D eigenvalue weighted by Gasteiger charge is -2.10. The van der Waals surface area contributed by atoms with E-state index in [1.165, 1.54) is 23.0 Å². The Kier molecular flexibility index (Phi) is 5.14. The predicted octanol–water partition coefficient (Wildman–Crippen LogP) is 2.61. The van der Waals surface area contributed by atoms with Gasteiger partial charge in [0.1, 0.15) is 5.82 Å². The highest BCUT2D eigenvalue weighted by Gasteiger charge is 2.31. The van der Waals surface area contributed by atoms with Crippen LogP contribution in [0.25, 0.3) is 5.82 Å². The van der Waals surface area contributed by atoms with Crippen LogP contribution in [0.15, 0.2) is 42.6 Å². The van der Waals surface area contributed by atoms with E-state index in [2.05, 4.69) is 10.1 Å². The van der Waals surface area contributed by atoms with Gasteiger partial charge in [0.05, 0.1) is 17.9 Å². The Balaban J connectivity index is 1.95. The quantitative estimate of drug-likeness (QED) is 0.651. The molecule has 1 amide bonds. The molecule has 2 aromatic heterocycles. The zero-order valence-corrected chi connectivity index (χ0v) is 14.2. The molecule has 2 heterocycles. The number of hydrogen-bond acceptors (Lipinski definition) is 4. The number of amides is 1. The van der Waals surface area contributed by atoms with Crippen molar-refractivity contribution in [2.24, 2.45) is 5.73 Å². The monoisotopic (exact) mass is 394 g/mol. The smallest absolute Gasteiger partial charge is 0.390 e. The number of pyridine rings is 1. The molecule has 0 unspecified atom stereocenters. The van der Waals surface area contributed by atoms with Crippen LogP contribution in [0.4, 0.5) is 17.6 Å². The molecule has 0 aliphatic rings. The molecule has 0 bridgehead atoms. The van der Waals surface area contributed by atoms with Crippen LogP contribution >= 0.6 is 0 Å². The third-order valence-electron chi connectivity index (χ3n) is 3.92. The van der Waals surface area contributed by atoms with Crippen LogP contribution in [-0.2, 0) is 19.2 Å². The highest BCUT2D eigenvalue weighted by atomic mass is 19.4. The van der Waals surface area contributed by atoms with Gasteiger partial charge in [-0.15, -0.1) is 0 Å². The minimum atomic E-state index is -4.66. The third-order valence-corrected chi connectivity index (χ3v) is 3.92. The first-order chi connectivity index (χ1) is 13.2. The SMILES string of the molecule is NC(=O)c1cc(CO)n(-c2cc(Cc3cc(F)cc(C(F)(F)F)c3)ccn2)n1. The minimum Gasteiger partial charge on any atom is -0.390 e. The molecule has 3 N–H and O–H groups in total. The van der Waals surface area contributed by atoms with Crippen LogP contribution in [0.1, 0.15) is 32.9 Å². The van der Waals surface area contributed by atoms with Crippen LogP contribution in [0.5, 0.6) is 0 Å². The van der Waals surface area contributed by atoms with Gasteiger partial charge in [-0.2, -0.15) is 18.3 Å². The van der Waals surface area contributed by atoms with Crippen molar-refractivity contribution in [2.75, 3.05) is 0 Å². The number of nitrogens with zero attached hydrogens (tertiary/aromatic N) is 3. The molecule has 0 aliphatic heterocycles. The number of halogens is 4. The molecule has 0 fully saturated rings. The molecule has 0 saturated carbocycles. The Hall–Kier alpha value is -3.27. The number of nitrogens with two attached hydrogens (primary N) is 1. The molecular weight excluding hydrogens is 380 g/mol. The molecule has 0 spiro atoms. The van der Waals surface area contributed by atoms with Crippen LogP contribution in [0.2, 0.25) is 0 Å². The summed E-state index contributed by atoms with van der Waals surface area (Å²) in [7, 11) is 0. The molecule has 0 aliphatic carbocycles. The van der Waals surface area contributed by atoms with Gasteiger partial charge in [0.25, 0.3) is 5.91 Å².